The number of amides is 1. The van der Waals surface area contributed by atoms with E-state index in [1.807, 2.05) is 0 Å². The van der Waals surface area contributed by atoms with Crippen LogP contribution in [0, 0.1) is 0 Å². The lowest BCUT2D eigenvalue weighted by molar-refractivity contribution is -0.123. The molecule has 2 aliphatic rings. The molecule has 0 bridgehead atoms. The largest absolute Gasteiger partial charge is 0.472 e. The Balaban J connectivity index is 1.22. The van der Waals surface area contributed by atoms with Gasteiger partial charge in [-0.25, -0.2) is 0 Å². The van der Waals surface area contributed by atoms with Crippen molar-refractivity contribution in [3.63, 3.8) is 0 Å². The summed E-state index contributed by atoms with van der Waals surface area (Å²) >= 11 is 0. The molecule has 8 heteroatoms. The van der Waals surface area contributed by atoms with Gasteiger partial charge in [0.15, 0.2) is 0 Å². The Morgan fingerprint density at radius 2 is 2.15 bits per heavy atom. The van der Waals surface area contributed by atoms with Crippen molar-refractivity contribution in [2.24, 2.45) is 0 Å². The predicted molar refractivity (Wildman–Crippen MR) is 92.4 cm³/mol. The first kappa shape index (κ1) is 17.2. The topological polar surface area (TPSA) is 93.6 Å². The summed E-state index contributed by atoms with van der Waals surface area (Å²) in [7, 11) is 0. The van der Waals surface area contributed by atoms with Gasteiger partial charge in [-0.05, 0) is 44.8 Å². The molecular formula is C18H24N4O4. The molecule has 2 fully saturated rings. The third kappa shape index (κ3) is 4.13. The number of likely N-dealkylation sites (tertiary alicyclic amines) is 1. The van der Waals surface area contributed by atoms with Crippen LogP contribution in [0.25, 0.3) is 11.5 Å². The van der Waals surface area contributed by atoms with E-state index in [1.54, 1.807) is 18.6 Å². The maximum Gasteiger partial charge on any atom is 0.250 e. The van der Waals surface area contributed by atoms with Crippen molar-refractivity contribution in [3.05, 3.63) is 24.5 Å². The predicted octanol–water partition coefficient (Wildman–Crippen LogP) is 1.80. The molecule has 0 saturated carbocycles. The standard InChI is InChI=1S/C18H24N4O4/c23-16(19-10-15-2-1-8-25-15)11-22-6-3-13(4-7-22)17-20-21-18(26-17)14-5-9-24-12-14/h5,9,12-13,15H,1-4,6-8,10-11H2,(H,19,23). The number of rotatable bonds is 6. The molecule has 1 atom stereocenters. The van der Waals surface area contributed by atoms with E-state index in [-0.39, 0.29) is 17.9 Å². The fourth-order valence-corrected chi connectivity index (χ4v) is 3.53. The minimum Gasteiger partial charge on any atom is -0.472 e. The Morgan fingerprint density at radius 1 is 1.27 bits per heavy atom. The van der Waals surface area contributed by atoms with Gasteiger partial charge in [-0.2, -0.15) is 0 Å². The van der Waals surface area contributed by atoms with Crippen molar-refractivity contribution < 1.29 is 18.4 Å². The van der Waals surface area contributed by atoms with E-state index in [2.05, 4.69) is 20.4 Å². The first-order valence-electron chi connectivity index (χ1n) is 9.24. The van der Waals surface area contributed by atoms with Gasteiger partial charge >= 0.3 is 0 Å². The second-order valence-electron chi connectivity index (χ2n) is 6.95. The van der Waals surface area contributed by atoms with Gasteiger partial charge in [-0.1, -0.05) is 0 Å². The maximum atomic E-state index is 12.1. The SMILES string of the molecule is O=C(CN1CCC(c2nnc(-c3ccoc3)o2)CC1)NCC1CCCO1. The first-order chi connectivity index (χ1) is 12.8. The summed E-state index contributed by atoms with van der Waals surface area (Å²) in [5.74, 6) is 1.47. The summed E-state index contributed by atoms with van der Waals surface area (Å²) in [5, 5.41) is 11.3. The van der Waals surface area contributed by atoms with E-state index in [0.717, 1.165) is 50.9 Å². The zero-order chi connectivity index (χ0) is 17.8. The number of nitrogens with one attached hydrogen (secondary N) is 1. The summed E-state index contributed by atoms with van der Waals surface area (Å²) < 4.78 is 16.4. The molecule has 140 valence electrons. The number of carbonyl (C=O) groups is 1. The summed E-state index contributed by atoms with van der Waals surface area (Å²) in [5.41, 5.74) is 0.795. The number of carbonyl (C=O) groups excluding carboxylic acids is 1. The summed E-state index contributed by atoms with van der Waals surface area (Å²) in [6, 6.07) is 1.80. The third-order valence-corrected chi connectivity index (χ3v) is 5.06. The van der Waals surface area contributed by atoms with E-state index in [9.17, 15) is 4.79 Å². The van der Waals surface area contributed by atoms with Crippen LogP contribution < -0.4 is 5.32 Å². The molecular weight excluding hydrogens is 336 g/mol. The van der Waals surface area contributed by atoms with Crippen molar-refractivity contribution in [2.45, 2.75) is 37.7 Å². The third-order valence-electron chi connectivity index (χ3n) is 5.06. The Labute approximate surface area is 151 Å². The van der Waals surface area contributed by atoms with Crippen LogP contribution in [0.5, 0.6) is 0 Å². The van der Waals surface area contributed by atoms with Crippen molar-refractivity contribution in [1.29, 1.82) is 0 Å². The number of nitrogens with zero attached hydrogens (tertiary/aromatic N) is 3. The lowest BCUT2D eigenvalue weighted by atomic mass is 9.97. The highest BCUT2D eigenvalue weighted by atomic mass is 16.5. The number of hydrogen-bond donors (Lipinski definition) is 1. The fourth-order valence-electron chi connectivity index (χ4n) is 3.53. The molecule has 0 aliphatic carbocycles. The number of piperidine rings is 1. The number of ether oxygens (including phenoxy) is 1. The van der Waals surface area contributed by atoms with Crippen LogP contribution in [0.15, 0.2) is 27.4 Å². The number of furan rings is 1. The second kappa shape index (κ2) is 8.01. The molecule has 0 aromatic carbocycles. The number of hydrogen-bond acceptors (Lipinski definition) is 7. The fraction of sp³-hybridized carbons (Fsp3) is 0.611. The van der Waals surface area contributed by atoms with Crippen molar-refractivity contribution in [2.75, 3.05) is 32.8 Å². The van der Waals surface area contributed by atoms with Gasteiger partial charge in [0, 0.05) is 19.1 Å². The maximum absolute atomic E-state index is 12.1. The van der Waals surface area contributed by atoms with E-state index in [0.29, 0.717) is 24.9 Å². The second-order valence-corrected chi connectivity index (χ2v) is 6.95. The van der Waals surface area contributed by atoms with Crippen LogP contribution >= 0.6 is 0 Å². The van der Waals surface area contributed by atoms with Crippen LogP contribution in [-0.4, -0.2) is 59.9 Å². The number of aromatic nitrogens is 2. The molecule has 1 unspecified atom stereocenters. The smallest absolute Gasteiger partial charge is 0.250 e. The van der Waals surface area contributed by atoms with Crippen LogP contribution in [-0.2, 0) is 9.53 Å². The lowest BCUT2D eigenvalue weighted by Gasteiger charge is -2.29. The summed E-state index contributed by atoms with van der Waals surface area (Å²) in [4.78, 5) is 14.3. The van der Waals surface area contributed by atoms with E-state index in [4.69, 9.17) is 13.6 Å². The Morgan fingerprint density at radius 3 is 2.88 bits per heavy atom. The van der Waals surface area contributed by atoms with Gasteiger partial charge in [0.2, 0.25) is 11.8 Å². The van der Waals surface area contributed by atoms with Crippen LogP contribution in [0.1, 0.15) is 37.5 Å². The minimum atomic E-state index is 0.0685. The van der Waals surface area contributed by atoms with Crippen LogP contribution in [0.3, 0.4) is 0 Å². The average molecular weight is 360 g/mol. The molecule has 26 heavy (non-hydrogen) atoms. The molecule has 0 radical (unpaired) electrons. The van der Waals surface area contributed by atoms with Crippen LogP contribution in [0.2, 0.25) is 0 Å². The highest BCUT2D eigenvalue weighted by Gasteiger charge is 2.26. The van der Waals surface area contributed by atoms with E-state index in [1.165, 1.54) is 0 Å². The zero-order valence-corrected chi connectivity index (χ0v) is 14.7. The summed E-state index contributed by atoms with van der Waals surface area (Å²) in [6.45, 7) is 3.56. The van der Waals surface area contributed by atoms with Gasteiger partial charge in [0.05, 0.1) is 24.5 Å². The van der Waals surface area contributed by atoms with Crippen molar-refractivity contribution in [1.82, 2.24) is 20.4 Å². The molecule has 2 aromatic rings. The molecule has 2 aliphatic heterocycles. The molecule has 4 heterocycles. The van der Waals surface area contributed by atoms with Gasteiger partial charge in [0.25, 0.3) is 5.89 Å². The molecule has 8 nitrogen and oxygen atoms in total. The molecule has 1 N–H and O–H groups in total. The quantitative estimate of drug-likeness (QED) is 0.839. The van der Waals surface area contributed by atoms with Gasteiger partial charge in [-0.3, -0.25) is 9.69 Å². The van der Waals surface area contributed by atoms with Gasteiger partial charge in [-0.15, -0.1) is 10.2 Å². The molecule has 2 saturated heterocycles. The molecule has 0 spiro atoms. The summed E-state index contributed by atoms with van der Waals surface area (Å²) in [6.07, 6.45) is 7.31. The van der Waals surface area contributed by atoms with Crippen LogP contribution in [0.4, 0.5) is 0 Å². The van der Waals surface area contributed by atoms with E-state index < -0.39 is 0 Å². The van der Waals surface area contributed by atoms with E-state index >= 15 is 0 Å². The normalized spacial score (nSPS) is 21.9. The van der Waals surface area contributed by atoms with Crippen molar-refractivity contribution in [3.8, 4) is 11.5 Å². The lowest BCUT2D eigenvalue weighted by Crippen LogP contribution is -2.43. The Kier molecular flexibility index (Phi) is 5.31. The van der Waals surface area contributed by atoms with Crippen molar-refractivity contribution >= 4 is 5.91 Å². The molecule has 1 amide bonds. The highest BCUT2D eigenvalue weighted by Crippen LogP contribution is 2.29. The Hall–Kier alpha value is -2.19. The minimum absolute atomic E-state index is 0.0685. The average Bonchev–Trinajstić information content (AvgIpc) is 3.42. The zero-order valence-electron chi connectivity index (χ0n) is 14.7. The first-order valence-corrected chi connectivity index (χ1v) is 9.24. The Bertz CT molecular complexity index is 701. The highest BCUT2D eigenvalue weighted by molar-refractivity contribution is 5.78. The monoisotopic (exact) mass is 360 g/mol. The van der Waals surface area contributed by atoms with Gasteiger partial charge in [0.1, 0.15) is 6.26 Å². The molecule has 4 rings (SSSR count). The van der Waals surface area contributed by atoms with Gasteiger partial charge < -0.3 is 18.9 Å². The molecule has 2 aromatic heterocycles.